The van der Waals surface area contributed by atoms with Crippen molar-refractivity contribution in [3.05, 3.63) is 41.0 Å². The van der Waals surface area contributed by atoms with Crippen LogP contribution in [0.5, 0.6) is 5.75 Å². The van der Waals surface area contributed by atoms with E-state index in [4.69, 9.17) is 0 Å². The first kappa shape index (κ1) is 13.7. The van der Waals surface area contributed by atoms with E-state index in [1.807, 2.05) is 6.92 Å². The van der Waals surface area contributed by atoms with Crippen molar-refractivity contribution < 1.29 is 9.90 Å². The third kappa shape index (κ3) is 3.85. The third-order valence-electron chi connectivity index (χ3n) is 3.59. The molecule has 2 rings (SSSR count). The summed E-state index contributed by atoms with van der Waals surface area (Å²) in [5, 5.41) is 12.5. The Labute approximate surface area is 114 Å². The number of allylic oxidation sites excluding steroid dienone is 1. The summed E-state index contributed by atoms with van der Waals surface area (Å²) in [7, 11) is 0. The number of aryl methyl sites for hydroxylation is 1. The van der Waals surface area contributed by atoms with Gasteiger partial charge in [0, 0.05) is 12.1 Å². The molecule has 0 spiro atoms. The molecule has 3 nitrogen and oxygen atoms in total. The summed E-state index contributed by atoms with van der Waals surface area (Å²) >= 11 is 0. The molecule has 0 bridgehead atoms. The van der Waals surface area contributed by atoms with Gasteiger partial charge in [0.2, 0.25) is 0 Å². The largest absolute Gasteiger partial charge is 0.508 e. The minimum atomic E-state index is -0.119. The zero-order chi connectivity index (χ0) is 13.7. The molecule has 1 aromatic rings. The average Bonchev–Trinajstić information content (AvgIpc) is 2.43. The van der Waals surface area contributed by atoms with Crippen LogP contribution in [-0.4, -0.2) is 17.6 Å². The Morgan fingerprint density at radius 1 is 1.37 bits per heavy atom. The quantitative estimate of drug-likeness (QED) is 0.815. The van der Waals surface area contributed by atoms with Crippen LogP contribution in [0.15, 0.2) is 29.8 Å². The van der Waals surface area contributed by atoms with E-state index in [9.17, 15) is 9.90 Å². The molecule has 2 N–H and O–H groups in total. The molecule has 0 aliphatic heterocycles. The van der Waals surface area contributed by atoms with Crippen LogP contribution >= 0.6 is 0 Å². The molecule has 0 aromatic heterocycles. The summed E-state index contributed by atoms with van der Waals surface area (Å²) in [6.07, 6.45) is 8.14. The second kappa shape index (κ2) is 6.41. The van der Waals surface area contributed by atoms with E-state index >= 15 is 0 Å². The summed E-state index contributed by atoms with van der Waals surface area (Å²) < 4.78 is 0. The van der Waals surface area contributed by atoms with Crippen molar-refractivity contribution in [1.82, 2.24) is 5.32 Å². The number of rotatable bonds is 4. The molecular formula is C16H21NO2. The van der Waals surface area contributed by atoms with E-state index < -0.39 is 0 Å². The number of phenols is 1. The number of nitrogens with one attached hydrogen (secondary N) is 1. The fourth-order valence-corrected chi connectivity index (χ4v) is 2.32. The van der Waals surface area contributed by atoms with Gasteiger partial charge >= 0.3 is 0 Å². The van der Waals surface area contributed by atoms with Gasteiger partial charge in [-0.05, 0) is 56.7 Å². The van der Waals surface area contributed by atoms with Crippen molar-refractivity contribution in [2.75, 3.05) is 6.54 Å². The highest BCUT2D eigenvalue weighted by molar-refractivity contribution is 5.94. The lowest BCUT2D eigenvalue weighted by Crippen LogP contribution is -2.24. The minimum absolute atomic E-state index is 0.119. The summed E-state index contributed by atoms with van der Waals surface area (Å²) in [6.45, 7) is 2.48. The smallest absolute Gasteiger partial charge is 0.251 e. The standard InChI is InChI=1S/C16H21NO2/c1-12-7-8-14(11-15(12)18)16(19)17-10-9-13-5-3-2-4-6-13/h5,7-8,11,18H,2-4,6,9-10H2,1H3,(H,17,19). The Hall–Kier alpha value is -1.77. The topological polar surface area (TPSA) is 49.3 Å². The van der Waals surface area contributed by atoms with Gasteiger partial charge in [0.15, 0.2) is 0 Å². The second-order valence-corrected chi connectivity index (χ2v) is 5.12. The molecule has 0 fully saturated rings. The van der Waals surface area contributed by atoms with Crippen LogP contribution in [0.4, 0.5) is 0 Å². The summed E-state index contributed by atoms with van der Waals surface area (Å²) in [5.74, 6) is 0.0503. The van der Waals surface area contributed by atoms with Gasteiger partial charge in [-0.3, -0.25) is 4.79 Å². The maximum absolute atomic E-state index is 11.9. The first-order chi connectivity index (χ1) is 9.16. The van der Waals surface area contributed by atoms with Crippen molar-refractivity contribution >= 4 is 5.91 Å². The molecule has 0 saturated carbocycles. The van der Waals surface area contributed by atoms with Crippen LogP contribution in [0.2, 0.25) is 0 Å². The number of carbonyl (C=O) groups is 1. The number of hydrogen-bond donors (Lipinski definition) is 2. The molecule has 1 aliphatic carbocycles. The first-order valence-electron chi connectivity index (χ1n) is 6.92. The van der Waals surface area contributed by atoms with Gasteiger partial charge < -0.3 is 10.4 Å². The van der Waals surface area contributed by atoms with Crippen molar-refractivity contribution in [3.8, 4) is 5.75 Å². The van der Waals surface area contributed by atoms with Crippen molar-refractivity contribution in [2.45, 2.75) is 39.0 Å². The fraction of sp³-hybridized carbons (Fsp3) is 0.438. The molecule has 0 radical (unpaired) electrons. The highest BCUT2D eigenvalue weighted by Gasteiger charge is 2.08. The van der Waals surface area contributed by atoms with Crippen LogP contribution in [0, 0.1) is 6.92 Å². The highest BCUT2D eigenvalue weighted by Crippen LogP contribution is 2.20. The lowest BCUT2D eigenvalue weighted by atomic mass is 9.97. The predicted molar refractivity (Wildman–Crippen MR) is 76.3 cm³/mol. The van der Waals surface area contributed by atoms with E-state index in [-0.39, 0.29) is 11.7 Å². The summed E-state index contributed by atoms with van der Waals surface area (Å²) in [5.41, 5.74) is 2.75. The lowest BCUT2D eigenvalue weighted by molar-refractivity contribution is 0.0953. The van der Waals surface area contributed by atoms with E-state index in [1.54, 1.807) is 12.1 Å². The molecule has 0 unspecified atom stereocenters. The van der Waals surface area contributed by atoms with Crippen molar-refractivity contribution in [2.24, 2.45) is 0 Å². The molecule has 102 valence electrons. The van der Waals surface area contributed by atoms with Crippen LogP contribution < -0.4 is 5.32 Å². The number of aromatic hydroxyl groups is 1. The Kier molecular flexibility index (Phi) is 4.61. The van der Waals surface area contributed by atoms with Gasteiger partial charge in [-0.2, -0.15) is 0 Å². The van der Waals surface area contributed by atoms with Gasteiger partial charge in [-0.15, -0.1) is 0 Å². The Balaban J connectivity index is 1.83. The van der Waals surface area contributed by atoms with Crippen molar-refractivity contribution in [3.63, 3.8) is 0 Å². The van der Waals surface area contributed by atoms with Gasteiger partial charge in [-0.1, -0.05) is 17.7 Å². The second-order valence-electron chi connectivity index (χ2n) is 5.12. The predicted octanol–water partition coefficient (Wildman–Crippen LogP) is 3.32. The SMILES string of the molecule is Cc1ccc(C(=O)NCCC2=CCCCC2)cc1O. The zero-order valence-corrected chi connectivity index (χ0v) is 11.4. The van der Waals surface area contributed by atoms with Gasteiger partial charge in [-0.25, -0.2) is 0 Å². The van der Waals surface area contributed by atoms with E-state index in [0.29, 0.717) is 12.1 Å². The number of hydrogen-bond acceptors (Lipinski definition) is 2. The molecular weight excluding hydrogens is 238 g/mol. The maximum Gasteiger partial charge on any atom is 0.251 e. The average molecular weight is 259 g/mol. The molecule has 1 aromatic carbocycles. The fourth-order valence-electron chi connectivity index (χ4n) is 2.32. The van der Waals surface area contributed by atoms with Crippen molar-refractivity contribution in [1.29, 1.82) is 0 Å². The van der Waals surface area contributed by atoms with Gasteiger partial charge in [0.1, 0.15) is 5.75 Å². The molecule has 3 heteroatoms. The molecule has 0 heterocycles. The number of benzene rings is 1. The first-order valence-corrected chi connectivity index (χ1v) is 6.92. The highest BCUT2D eigenvalue weighted by atomic mass is 16.3. The Bertz CT molecular complexity index is 492. The molecule has 0 atom stereocenters. The molecule has 1 amide bonds. The molecule has 1 aliphatic rings. The number of amides is 1. The van der Waals surface area contributed by atoms with Crippen LogP contribution in [0.1, 0.15) is 48.0 Å². The lowest BCUT2D eigenvalue weighted by Gasteiger charge is -2.13. The summed E-state index contributed by atoms with van der Waals surface area (Å²) in [4.78, 5) is 11.9. The van der Waals surface area contributed by atoms with E-state index in [0.717, 1.165) is 12.0 Å². The van der Waals surface area contributed by atoms with Gasteiger partial charge in [0.25, 0.3) is 5.91 Å². The van der Waals surface area contributed by atoms with Crippen LogP contribution in [0.3, 0.4) is 0 Å². The van der Waals surface area contributed by atoms with Gasteiger partial charge in [0.05, 0.1) is 0 Å². The Morgan fingerprint density at radius 2 is 2.21 bits per heavy atom. The van der Waals surface area contributed by atoms with Crippen LogP contribution in [-0.2, 0) is 0 Å². The molecule has 0 saturated heterocycles. The maximum atomic E-state index is 11.9. The normalized spacial score (nSPS) is 14.9. The third-order valence-corrected chi connectivity index (χ3v) is 3.59. The van der Waals surface area contributed by atoms with E-state index in [2.05, 4.69) is 11.4 Å². The number of carbonyl (C=O) groups excluding carboxylic acids is 1. The van der Waals surface area contributed by atoms with E-state index in [1.165, 1.54) is 37.3 Å². The molecule has 19 heavy (non-hydrogen) atoms. The summed E-state index contributed by atoms with van der Waals surface area (Å²) in [6, 6.07) is 5.02. The number of phenolic OH excluding ortho intramolecular Hbond substituents is 1. The minimum Gasteiger partial charge on any atom is -0.508 e. The van der Waals surface area contributed by atoms with Crippen LogP contribution in [0.25, 0.3) is 0 Å². The zero-order valence-electron chi connectivity index (χ0n) is 11.4. The Morgan fingerprint density at radius 3 is 2.89 bits per heavy atom. The monoisotopic (exact) mass is 259 g/mol.